The van der Waals surface area contributed by atoms with Gasteiger partial charge in [-0.2, -0.15) is 0 Å². The maximum absolute atomic E-state index is 4.31. The molecule has 0 amide bonds. The van der Waals surface area contributed by atoms with Crippen LogP contribution in [0.15, 0.2) is 45.4 Å². The first-order chi connectivity index (χ1) is 8.78. The average molecular weight is 325 g/mol. The van der Waals surface area contributed by atoms with Crippen LogP contribution in [-0.2, 0) is 6.54 Å². The summed E-state index contributed by atoms with van der Waals surface area (Å²) in [4.78, 5) is 12.9. The first-order valence-corrected chi connectivity index (χ1v) is 7.20. The number of halogens is 1. The normalized spacial score (nSPS) is 10.6. The molecule has 0 spiro atoms. The summed E-state index contributed by atoms with van der Waals surface area (Å²) < 4.78 is 0.966. The molecule has 2 aromatic rings. The van der Waals surface area contributed by atoms with Crippen molar-refractivity contribution in [3.8, 4) is 0 Å². The number of pyridine rings is 1. The summed E-state index contributed by atoms with van der Waals surface area (Å²) in [6.45, 7) is 3.82. The van der Waals surface area contributed by atoms with E-state index in [1.54, 1.807) is 6.20 Å². The van der Waals surface area contributed by atoms with E-state index >= 15 is 0 Å². The van der Waals surface area contributed by atoms with Crippen molar-refractivity contribution >= 4 is 27.7 Å². The van der Waals surface area contributed by atoms with E-state index in [0.717, 1.165) is 28.2 Å². The van der Waals surface area contributed by atoms with E-state index in [2.05, 4.69) is 43.1 Å². The molecule has 6 heteroatoms. The van der Waals surface area contributed by atoms with Gasteiger partial charge in [-0.05, 0) is 46.4 Å². The molecule has 0 aliphatic rings. The maximum atomic E-state index is 4.31. The first kappa shape index (κ1) is 13.5. The smallest absolute Gasteiger partial charge is 0.193 e. The third-order valence-corrected chi connectivity index (χ3v) is 3.47. The SMILES string of the molecule is CCNCc1cnc(Sc2ccc(Br)cn2)nc1. The van der Waals surface area contributed by atoms with E-state index in [9.17, 15) is 0 Å². The molecule has 2 aromatic heterocycles. The van der Waals surface area contributed by atoms with Crippen LogP contribution in [0.25, 0.3) is 0 Å². The molecule has 2 heterocycles. The standard InChI is InChI=1S/C12H13BrN4S/c1-2-14-5-9-6-16-12(17-7-9)18-11-4-3-10(13)8-15-11/h3-4,6-8,14H,2,5H2,1H3. The van der Waals surface area contributed by atoms with E-state index in [-0.39, 0.29) is 0 Å². The topological polar surface area (TPSA) is 50.7 Å². The fraction of sp³-hybridized carbons (Fsp3) is 0.250. The molecule has 18 heavy (non-hydrogen) atoms. The molecule has 0 bridgehead atoms. The molecule has 0 saturated heterocycles. The van der Waals surface area contributed by atoms with Gasteiger partial charge >= 0.3 is 0 Å². The zero-order chi connectivity index (χ0) is 12.8. The lowest BCUT2D eigenvalue weighted by Crippen LogP contribution is -2.12. The molecule has 4 nitrogen and oxygen atoms in total. The van der Waals surface area contributed by atoms with E-state index < -0.39 is 0 Å². The highest BCUT2D eigenvalue weighted by atomic mass is 79.9. The Morgan fingerprint density at radius 3 is 2.56 bits per heavy atom. The summed E-state index contributed by atoms with van der Waals surface area (Å²) in [5, 5.41) is 4.84. The highest BCUT2D eigenvalue weighted by Gasteiger charge is 2.02. The highest BCUT2D eigenvalue weighted by molar-refractivity contribution is 9.10. The molecule has 0 atom stereocenters. The summed E-state index contributed by atoms with van der Waals surface area (Å²) in [5.41, 5.74) is 1.09. The Bertz CT molecular complexity index is 486. The lowest BCUT2D eigenvalue weighted by atomic mass is 10.3. The van der Waals surface area contributed by atoms with Crippen LogP contribution in [0.1, 0.15) is 12.5 Å². The third kappa shape index (κ3) is 4.04. The Morgan fingerprint density at radius 2 is 1.94 bits per heavy atom. The van der Waals surface area contributed by atoms with E-state index in [1.807, 2.05) is 24.5 Å². The molecule has 0 saturated carbocycles. The molecule has 0 aliphatic carbocycles. The zero-order valence-electron chi connectivity index (χ0n) is 9.93. The Kier molecular flexibility index (Phi) is 5.10. The Hall–Kier alpha value is -0.980. The Morgan fingerprint density at radius 1 is 1.17 bits per heavy atom. The van der Waals surface area contributed by atoms with Gasteiger partial charge in [-0.3, -0.25) is 0 Å². The predicted octanol–water partition coefficient (Wildman–Crippen LogP) is 2.89. The van der Waals surface area contributed by atoms with Crippen molar-refractivity contribution < 1.29 is 0 Å². The molecule has 0 radical (unpaired) electrons. The van der Waals surface area contributed by atoms with Crippen LogP contribution < -0.4 is 5.32 Å². The van der Waals surface area contributed by atoms with Gasteiger partial charge in [0.1, 0.15) is 5.03 Å². The van der Waals surface area contributed by atoms with Crippen molar-refractivity contribution in [1.29, 1.82) is 0 Å². The second kappa shape index (κ2) is 6.82. The van der Waals surface area contributed by atoms with Gasteiger partial charge in [0.2, 0.25) is 0 Å². The molecule has 1 N–H and O–H groups in total. The van der Waals surface area contributed by atoms with Gasteiger partial charge in [-0.1, -0.05) is 6.92 Å². The van der Waals surface area contributed by atoms with Gasteiger partial charge < -0.3 is 5.32 Å². The molecule has 94 valence electrons. The minimum absolute atomic E-state index is 0.713. The molecular weight excluding hydrogens is 312 g/mol. The number of aromatic nitrogens is 3. The number of hydrogen-bond donors (Lipinski definition) is 1. The molecule has 2 rings (SSSR count). The fourth-order valence-corrected chi connectivity index (χ4v) is 2.15. The summed E-state index contributed by atoms with van der Waals surface area (Å²) >= 11 is 4.81. The van der Waals surface area contributed by atoms with Crippen LogP contribution >= 0.6 is 27.7 Å². The van der Waals surface area contributed by atoms with Crippen LogP contribution in [0.3, 0.4) is 0 Å². The second-order valence-corrected chi connectivity index (χ2v) is 5.47. The van der Waals surface area contributed by atoms with Crippen LogP contribution in [0.2, 0.25) is 0 Å². The van der Waals surface area contributed by atoms with Gasteiger partial charge in [-0.15, -0.1) is 0 Å². The number of hydrogen-bond acceptors (Lipinski definition) is 5. The molecule has 0 aliphatic heterocycles. The van der Waals surface area contributed by atoms with Crippen molar-refractivity contribution in [2.24, 2.45) is 0 Å². The van der Waals surface area contributed by atoms with Crippen molar-refractivity contribution in [3.05, 3.63) is 40.8 Å². The van der Waals surface area contributed by atoms with Crippen molar-refractivity contribution in [3.63, 3.8) is 0 Å². The van der Waals surface area contributed by atoms with Crippen LogP contribution in [-0.4, -0.2) is 21.5 Å². The molecule has 0 aromatic carbocycles. The summed E-state index contributed by atoms with van der Waals surface area (Å²) in [5.74, 6) is 0. The second-order valence-electron chi connectivity index (χ2n) is 3.57. The van der Waals surface area contributed by atoms with E-state index in [4.69, 9.17) is 0 Å². The quantitative estimate of drug-likeness (QED) is 0.857. The lowest BCUT2D eigenvalue weighted by molar-refractivity contribution is 0.716. The molecule has 0 unspecified atom stereocenters. The minimum Gasteiger partial charge on any atom is -0.313 e. The van der Waals surface area contributed by atoms with Gasteiger partial charge in [0.25, 0.3) is 0 Å². The fourth-order valence-electron chi connectivity index (χ4n) is 1.27. The van der Waals surface area contributed by atoms with E-state index in [1.165, 1.54) is 11.8 Å². The van der Waals surface area contributed by atoms with Gasteiger partial charge in [0.05, 0.1) is 0 Å². The molecular formula is C12H13BrN4S. The zero-order valence-corrected chi connectivity index (χ0v) is 12.3. The monoisotopic (exact) mass is 324 g/mol. The average Bonchev–Trinajstić information content (AvgIpc) is 2.41. The van der Waals surface area contributed by atoms with Crippen LogP contribution in [0.4, 0.5) is 0 Å². The van der Waals surface area contributed by atoms with Gasteiger partial charge in [0.15, 0.2) is 5.16 Å². The number of rotatable bonds is 5. The summed E-state index contributed by atoms with van der Waals surface area (Å²) in [6.07, 6.45) is 5.45. The maximum Gasteiger partial charge on any atom is 0.193 e. The van der Waals surface area contributed by atoms with Crippen LogP contribution in [0.5, 0.6) is 0 Å². The number of nitrogens with one attached hydrogen (secondary N) is 1. The predicted molar refractivity (Wildman–Crippen MR) is 75.5 cm³/mol. The van der Waals surface area contributed by atoms with Crippen LogP contribution in [0, 0.1) is 0 Å². The van der Waals surface area contributed by atoms with Gasteiger partial charge in [-0.25, -0.2) is 15.0 Å². The largest absolute Gasteiger partial charge is 0.313 e. The Labute approximate surface area is 119 Å². The highest BCUT2D eigenvalue weighted by Crippen LogP contribution is 2.23. The number of nitrogens with zero attached hydrogens (tertiary/aromatic N) is 3. The van der Waals surface area contributed by atoms with Crippen molar-refractivity contribution in [1.82, 2.24) is 20.3 Å². The van der Waals surface area contributed by atoms with Crippen molar-refractivity contribution in [2.45, 2.75) is 23.7 Å². The first-order valence-electron chi connectivity index (χ1n) is 5.59. The third-order valence-electron chi connectivity index (χ3n) is 2.16. The molecule has 0 fully saturated rings. The summed E-state index contributed by atoms with van der Waals surface area (Å²) in [6, 6.07) is 3.89. The van der Waals surface area contributed by atoms with Crippen molar-refractivity contribution in [2.75, 3.05) is 6.54 Å². The van der Waals surface area contributed by atoms with Gasteiger partial charge in [0, 0.05) is 35.2 Å². The minimum atomic E-state index is 0.713. The Balaban J connectivity index is 1.99. The summed E-state index contributed by atoms with van der Waals surface area (Å²) in [7, 11) is 0. The van der Waals surface area contributed by atoms with E-state index in [0.29, 0.717) is 5.16 Å². The lowest BCUT2D eigenvalue weighted by Gasteiger charge is -2.02.